The van der Waals surface area contributed by atoms with Crippen LogP contribution in [0, 0.1) is 0 Å². The number of pyridine rings is 1. The summed E-state index contributed by atoms with van der Waals surface area (Å²) in [5.41, 5.74) is 0.499. The zero-order valence-electron chi connectivity index (χ0n) is 8.27. The second-order valence-electron chi connectivity index (χ2n) is 2.57. The van der Waals surface area contributed by atoms with E-state index >= 15 is 0 Å². The van der Waals surface area contributed by atoms with Crippen molar-refractivity contribution in [3.05, 3.63) is 18.3 Å². The predicted octanol–water partition coefficient (Wildman–Crippen LogP) is 0.631. The number of carbonyl (C=O) groups is 1. The molecule has 1 heterocycles. The Hall–Kier alpha value is -1.82. The maximum absolute atomic E-state index is 11.0. The van der Waals surface area contributed by atoms with Crippen molar-refractivity contribution in [2.75, 3.05) is 25.6 Å². The van der Waals surface area contributed by atoms with Crippen LogP contribution in [0.3, 0.4) is 0 Å². The largest absolute Gasteiger partial charge is 0.481 e. The third kappa shape index (κ3) is 3.82. The molecule has 15 heavy (non-hydrogen) atoms. The van der Waals surface area contributed by atoms with E-state index in [2.05, 4.69) is 15.0 Å². The molecule has 0 aliphatic carbocycles. The molecule has 1 aromatic heterocycles. The van der Waals surface area contributed by atoms with Crippen molar-refractivity contribution >= 4 is 11.8 Å². The van der Waals surface area contributed by atoms with Crippen LogP contribution in [0.25, 0.3) is 0 Å². The molecular weight excluding hydrogens is 200 g/mol. The Labute approximate surface area is 86.8 Å². The summed E-state index contributed by atoms with van der Waals surface area (Å²) in [6, 6.07) is 3.24. The second-order valence-corrected chi connectivity index (χ2v) is 2.57. The molecular formula is C9H12N2O4. The third-order valence-corrected chi connectivity index (χ3v) is 1.52. The molecule has 1 aromatic rings. The number of ether oxygens (including phenoxy) is 2. The molecule has 2 N–H and O–H groups in total. The summed E-state index contributed by atoms with van der Waals surface area (Å²) in [7, 11) is 1.50. The molecule has 0 fully saturated rings. The van der Waals surface area contributed by atoms with E-state index in [4.69, 9.17) is 9.84 Å². The number of nitrogens with zero attached hydrogens (tertiary/aromatic N) is 1. The number of aromatic nitrogens is 1. The van der Waals surface area contributed by atoms with E-state index in [1.54, 1.807) is 12.1 Å². The number of amides is 1. The Bertz CT molecular complexity index is 312. The fourth-order valence-electron chi connectivity index (χ4n) is 0.867. The monoisotopic (exact) mass is 212 g/mol. The average Bonchev–Trinajstić information content (AvgIpc) is 2.27. The number of anilines is 1. The fourth-order valence-corrected chi connectivity index (χ4v) is 0.867. The van der Waals surface area contributed by atoms with E-state index < -0.39 is 6.09 Å². The van der Waals surface area contributed by atoms with Crippen molar-refractivity contribution in [1.29, 1.82) is 0 Å². The number of aliphatic hydroxyl groups excluding tert-OH is 1. The SMILES string of the molecule is COc1ccc(NC(=O)OCCO)cn1. The molecule has 0 radical (unpaired) electrons. The third-order valence-electron chi connectivity index (χ3n) is 1.52. The van der Waals surface area contributed by atoms with Crippen LogP contribution in [0.1, 0.15) is 0 Å². The molecule has 0 aromatic carbocycles. The lowest BCUT2D eigenvalue weighted by molar-refractivity contribution is 0.131. The van der Waals surface area contributed by atoms with Gasteiger partial charge in [-0.05, 0) is 6.07 Å². The number of hydrogen-bond acceptors (Lipinski definition) is 5. The number of methoxy groups -OCH3 is 1. The van der Waals surface area contributed by atoms with Crippen molar-refractivity contribution in [2.24, 2.45) is 0 Å². The van der Waals surface area contributed by atoms with Crippen molar-refractivity contribution in [2.45, 2.75) is 0 Å². The molecule has 0 saturated heterocycles. The molecule has 1 rings (SSSR count). The molecule has 0 saturated carbocycles. The summed E-state index contributed by atoms with van der Waals surface area (Å²) in [5, 5.41) is 10.9. The normalized spacial score (nSPS) is 9.47. The highest BCUT2D eigenvalue weighted by molar-refractivity contribution is 5.84. The van der Waals surface area contributed by atoms with Crippen LogP contribution in [0.15, 0.2) is 18.3 Å². The minimum Gasteiger partial charge on any atom is -0.481 e. The minimum absolute atomic E-state index is 0.0323. The van der Waals surface area contributed by atoms with Crippen LogP contribution in [-0.2, 0) is 4.74 Å². The Balaban J connectivity index is 2.46. The number of rotatable bonds is 4. The van der Waals surface area contributed by atoms with Crippen LogP contribution in [0.2, 0.25) is 0 Å². The van der Waals surface area contributed by atoms with Gasteiger partial charge in [-0.1, -0.05) is 0 Å². The first-order valence-electron chi connectivity index (χ1n) is 4.31. The van der Waals surface area contributed by atoms with Crippen LogP contribution in [0.5, 0.6) is 5.88 Å². The van der Waals surface area contributed by atoms with Crippen LogP contribution in [0.4, 0.5) is 10.5 Å². The van der Waals surface area contributed by atoms with Gasteiger partial charge in [0.05, 0.1) is 25.6 Å². The molecule has 0 aliphatic rings. The topological polar surface area (TPSA) is 80.7 Å². The Morgan fingerprint density at radius 1 is 1.60 bits per heavy atom. The average molecular weight is 212 g/mol. The molecule has 6 heteroatoms. The maximum Gasteiger partial charge on any atom is 0.411 e. The van der Waals surface area contributed by atoms with Crippen molar-refractivity contribution < 1.29 is 19.4 Å². The van der Waals surface area contributed by atoms with E-state index in [0.717, 1.165) is 0 Å². The van der Waals surface area contributed by atoms with Gasteiger partial charge < -0.3 is 14.6 Å². The quantitative estimate of drug-likeness (QED) is 0.765. The van der Waals surface area contributed by atoms with E-state index in [1.165, 1.54) is 13.3 Å². The standard InChI is InChI=1S/C9H12N2O4/c1-14-8-3-2-7(6-10-8)11-9(13)15-5-4-12/h2-3,6,12H,4-5H2,1H3,(H,11,13). The summed E-state index contributed by atoms with van der Waals surface area (Å²) in [6.07, 6.45) is 0.815. The molecule has 6 nitrogen and oxygen atoms in total. The molecule has 0 atom stereocenters. The van der Waals surface area contributed by atoms with E-state index in [1.807, 2.05) is 0 Å². The number of carbonyl (C=O) groups excluding carboxylic acids is 1. The first-order valence-corrected chi connectivity index (χ1v) is 4.31. The van der Waals surface area contributed by atoms with Crippen LogP contribution < -0.4 is 10.1 Å². The van der Waals surface area contributed by atoms with Gasteiger partial charge >= 0.3 is 6.09 Å². The molecule has 82 valence electrons. The van der Waals surface area contributed by atoms with E-state index in [9.17, 15) is 4.79 Å². The number of aliphatic hydroxyl groups is 1. The van der Waals surface area contributed by atoms with Gasteiger partial charge in [0.15, 0.2) is 0 Å². The van der Waals surface area contributed by atoms with Crippen molar-refractivity contribution in [3.63, 3.8) is 0 Å². The van der Waals surface area contributed by atoms with E-state index in [-0.39, 0.29) is 13.2 Å². The Kier molecular flexibility index (Phi) is 4.36. The highest BCUT2D eigenvalue weighted by Crippen LogP contribution is 2.10. The smallest absolute Gasteiger partial charge is 0.411 e. The van der Waals surface area contributed by atoms with Gasteiger partial charge in [0, 0.05) is 6.07 Å². The van der Waals surface area contributed by atoms with Gasteiger partial charge in [0.1, 0.15) is 6.61 Å². The van der Waals surface area contributed by atoms with Gasteiger partial charge in [-0.25, -0.2) is 9.78 Å². The lowest BCUT2D eigenvalue weighted by Gasteiger charge is -2.05. The summed E-state index contributed by atoms with van der Waals surface area (Å²) in [6.45, 7) is -0.232. The summed E-state index contributed by atoms with van der Waals surface area (Å²) >= 11 is 0. The van der Waals surface area contributed by atoms with Gasteiger partial charge in [-0.15, -0.1) is 0 Å². The van der Waals surface area contributed by atoms with E-state index in [0.29, 0.717) is 11.6 Å². The lowest BCUT2D eigenvalue weighted by atomic mass is 10.4. The first kappa shape index (κ1) is 11.3. The summed E-state index contributed by atoms with van der Waals surface area (Å²) < 4.78 is 9.44. The maximum atomic E-state index is 11.0. The predicted molar refractivity (Wildman–Crippen MR) is 52.8 cm³/mol. The molecule has 0 bridgehead atoms. The number of nitrogens with one attached hydrogen (secondary N) is 1. The molecule has 0 spiro atoms. The molecule has 1 amide bonds. The fraction of sp³-hybridized carbons (Fsp3) is 0.333. The zero-order chi connectivity index (χ0) is 11.1. The highest BCUT2D eigenvalue weighted by Gasteiger charge is 2.02. The first-order chi connectivity index (χ1) is 7.26. The summed E-state index contributed by atoms with van der Waals surface area (Å²) in [5.74, 6) is 0.462. The number of hydrogen-bond donors (Lipinski definition) is 2. The lowest BCUT2D eigenvalue weighted by Crippen LogP contribution is -2.15. The van der Waals surface area contributed by atoms with Crippen molar-refractivity contribution in [1.82, 2.24) is 4.98 Å². The zero-order valence-corrected chi connectivity index (χ0v) is 8.27. The minimum atomic E-state index is -0.629. The van der Waals surface area contributed by atoms with Crippen LogP contribution >= 0.6 is 0 Å². The molecule has 0 aliphatic heterocycles. The Morgan fingerprint density at radius 3 is 2.93 bits per heavy atom. The second kappa shape index (κ2) is 5.82. The highest BCUT2D eigenvalue weighted by atomic mass is 16.6. The van der Waals surface area contributed by atoms with Gasteiger partial charge in [0.2, 0.25) is 5.88 Å². The summed E-state index contributed by atoms with van der Waals surface area (Å²) in [4.78, 5) is 14.9. The van der Waals surface area contributed by atoms with Gasteiger partial charge in [-0.2, -0.15) is 0 Å². The van der Waals surface area contributed by atoms with Crippen LogP contribution in [-0.4, -0.2) is 36.5 Å². The van der Waals surface area contributed by atoms with Crippen molar-refractivity contribution in [3.8, 4) is 5.88 Å². The Morgan fingerprint density at radius 2 is 2.40 bits per heavy atom. The van der Waals surface area contributed by atoms with Gasteiger partial charge in [0.25, 0.3) is 0 Å². The molecule has 0 unspecified atom stereocenters. The van der Waals surface area contributed by atoms with Gasteiger partial charge in [-0.3, -0.25) is 5.32 Å².